The number of pyridine rings is 1. The first-order valence-electron chi connectivity index (χ1n) is 5.71. The third-order valence-electron chi connectivity index (χ3n) is 2.97. The second-order valence-electron chi connectivity index (χ2n) is 4.23. The molecule has 1 aromatic rings. The van der Waals surface area contributed by atoms with E-state index in [0.717, 1.165) is 12.3 Å². The van der Waals surface area contributed by atoms with Gasteiger partial charge in [0, 0.05) is 12.7 Å². The average Bonchev–Trinajstić information content (AvgIpc) is 2.75. The lowest BCUT2D eigenvalue weighted by molar-refractivity contribution is -0.385. The molecule has 8 heteroatoms. The Balaban J connectivity index is 2.18. The molecule has 2 atom stereocenters. The summed E-state index contributed by atoms with van der Waals surface area (Å²) in [7, 11) is 0. The highest BCUT2D eigenvalue weighted by Gasteiger charge is 2.27. The zero-order valence-corrected chi connectivity index (χ0v) is 10.9. The standard InChI is InChI=1S/C11H12ClN3O4/c1-6-9(2-3-19-6)14-11(16)8-4-7(15(17)18)5-13-10(8)12/h4-6,9H,2-3H2,1H3,(H,14,16). The number of nitro groups is 1. The summed E-state index contributed by atoms with van der Waals surface area (Å²) in [5, 5.41) is 13.3. The van der Waals surface area contributed by atoms with Crippen LogP contribution in [0.4, 0.5) is 5.69 Å². The molecule has 7 nitrogen and oxygen atoms in total. The Bertz CT molecular complexity index is 523. The molecule has 1 aliphatic rings. The molecule has 1 aromatic heterocycles. The van der Waals surface area contributed by atoms with Crippen LogP contribution in [0.1, 0.15) is 23.7 Å². The highest BCUT2D eigenvalue weighted by molar-refractivity contribution is 6.32. The SMILES string of the molecule is CC1OCCC1NC(=O)c1cc([N+](=O)[O-])cnc1Cl. The molecule has 1 aliphatic heterocycles. The number of hydrogen-bond acceptors (Lipinski definition) is 5. The number of carbonyl (C=O) groups excluding carboxylic acids is 1. The minimum atomic E-state index is -0.624. The van der Waals surface area contributed by atoms with Crippen LogP contribution in [0.5, 0.6) is 0 Å². The van der Waals surface area contributed by atoms with Gasteiger partial charge in [-0.25, -0.2) is 4.98 Å². The summed E-state index contributed by atoms with van der Waals surface area (Å²) in [5.74, 6) is -0.483. The summed E-state index contributed by atoms with van der Waals surface area (Å²) < 4.78 is 5.32. The van der Waals surface area contributed by atoms with Crippen LogP contribution in [0.3, 0.4) is 0 Å². The minimum absolute atomic E-state index is 0.00466. The molecule has 1 saturated heterocycles. The normalized spacial score (nSPS) is 22.2. The van der Waals surface area contributed by atoms with E-state index < -0.39 is 10.8 Å². The molecule has 2 heterocycles. The summed E-state index contributed by atoms with van der Waals surface area (Å²) in [6.45, 7) is 2.43. The van der Waals surface area contributed by atoms with Crippen molar-refractivity contribution in [3.05, 3.63) is 33.1 Å². The fraction of sp³-hybridized carbons (Fsp3) is 0.455. The minimum Gasteiger partial charge on any atom is -0.376 e. The van der Waals surface area contributed by atoms with Gasteiger partial charge >= 0.3 is 0 Å². The van der Waals surface area contributed by atoms with Crippen LogP contribution in [-0.2, 0) is 4.74 Å². The maximum Gasteiger partial charge on any atom is 0.288 e. The number of ether oxygens (including phenoxy) is 1. The van der Waals surface area contributed by atoms with Crippen molar-refractivity contribution in [1.29, 1.82) is 0 Å². The molecule has 0 radical (unpaired) electrons. The maximum absolute atomic E-state index is 12.0. The Morgan fingerprint density at radius 1 is 1.68 bits per heavy atom. The number of nitrogens with one attached hydrogen (secondary N) is 1. The van der Waals surface area contributed by atoms with Crippen LogP contribution in [0.15, 0.2) is 12.3 Å². The number of amides is 1. The zero-order chi connectivity index (χ0) is 14.0. The maximum atomic E-state index is 12.0. The van der Waals surface area contributed by atoms with Crippen LogP contribution in [0, 0.1) is 10.1 Å². The van der Waals surface area contributed by atoms with Crippen molar-refractivity contribution in [2.75, 3.05) is 6.61 Å². The van der Waals surface area contributed by atoms with Crippen molar-refractivity contribution in [3.63, 3.8) is 0 Å². The molecule has 2 rings (SSSR count). The summed E-state index contributed by atoms with van der Waals surface area (Å²) in [6, 6.07) is 0.994. The molecule has 102 valence electrons. The summed E-state index contributed by atoms with van der Waals surface area (Å²) >= 11 is 5.79. The van der Waals surface area contributed by atoms with Crippen molar-refractivity contribution in [1.82, 2.24) is 10.3 Å². The van der Waals surface area contributed by atoms with Crippen molar-refractivity contribution >= 4 is 23.2 Å². The van der Waals surface area contributed by atoms with Gasteiger partial charge in [-0.15, -0.1) is 0 Å². The lowest BCUT2D eigenvalue weighted by atomic mass is 10.1. The second kappa shape index (κ2) is 5.50. The fourth-order valence-electron chi connectivity index (χ4n) is 1.86. The van der Waals surface area contributed by atoms with E-state index in [1.165, 1.54) is 0 Å². The van der Waals surface area contributed by atoms with Crippen LogP contribution in [0.25, 0.3) is 0 Å². The Labute approximate surface area is 114 Å². The van der Waals surface area contributed by atoms with E-state index in [2.05, 4.69) is 10.3 Å². The number of hydrogen-bond donors (Lipinski definition) is 1. The van der Waals surface area contributed by atoms with Crippen LogP contribution in [0.2, 0.25) is 5.15 Å². The lowest BCUT2D eigenvalue weighted by Gasteiger charge is -2.16. The Hall–Kier alpha value is -1.73. The van der Waals surface area contributed by atoms with Gasteiger partial charge in [-0.3, -0.25) is 14.9 Å². The van der Waals surface area contributed by atoms with Gasteiger partial charge in [0.25, 0.3) is 11.6 Å². The predicted molar refractivity (Wildman–Crippen MR) is 67.2 cm³/mol. The fourth-order valence-corrected chi connectivity index (χ4v) is 2.05. The molecule has 1 amide bonds. The first-order chi connectivity index (χ1) is 8.99. The molecule has 1 fully saturated rings. The van der Waals surface area contributed by atoms with E-state index in [0.29, 0.717) is 13.0 Å². The predicted octanol–water partition coefficient (Wildman–Crippen LogP) is 1.55. The third-order valence-corrected chi connectivity index (χ3v) is 3.27. The number of rotatable bonds is 3. The highest BCUT2D eigenvalue weighted by atomic mass is 35.5. The Morgan fingerprint density at radius 2 is 2.42 bits per heavy atom. The third kappa shape index (κ3) is 2.99. The van der Waals surface area contributed by atoms with E-state index in [-0.39, 0.29) is 28.5 Å². The van der Waals surface area contributed by atoms with Crippen LogP contribution >= 0.6 is 11.6 Å². The van der Waals surface area contributed by atoms with E-state index in [9.17, 15) is 14.9 Å². The number of aromatic nitrogens is 1. The second-order valence-corrected chi connectivity index (χ2v) is 4.59. The van der Waals surface area contributed by atoms with Gasteiger partial charge in [-0.2, -0.15) is 0 Å². The summed E-state index contributed by atoms with van der Waals surface area (Å²) in [4.78, 5) is 25.7. The molecular weight excluding hydrogens is 274 g/mol. The molecule has 0 aliphatic carbocycles. The lowest BCUT2D eigenvalue weighted by Crippen LogP contribution is -2.39. The van der Waals surface area contributed by atoms with Crippen molar-refractivity contribution in [2.45, 2.75) is 25.5 Å². The Kier molecular flexibility index (Phi) is 3.96. The Morgan fingerprint density at radius 3 is 3.00 bits per heavy atom. The first-order valence-corrected chi connectivity index (χ1v) is 6.09. The molecule has 1 N–H and O–H groups in total. The largest absolute Gasteiger partial charge is 0.376 e. The average molecular weight is 286 g/mol. The van der Waals surface area contributed by atoms with Gasteiger partial charge in [0.15, 0.2) is 0 Å². The van der Waals surface area contributed by atoms with Gasteiger partial charge in [-0.1, -0.05) is 11.6 Å². The first kappa shape index (κ1) is 13.7. The quantitative estimate of drug-likeness (QED) is 0.516. The monoisotopic (exact) mass is 285 g/mol. The van der Waals surface area contributed by atoms with Gasteiger partial charge in [0.2, 0.25) is 0 Å². The van der Waals surface area contributed by atoms with Gasteiger partial charge in [0.1, 0.15) is 11.3 Å². The van der Waals surface area contributed by atoms with Gasteiger partial charge < -0.3 is 10.1 Å². The highest BCUT2D eigenvalue weighted by Crippen LogP contribution is 2.20. The summed E-state index contributed by atoms with van der Waals surface area (Å²) in [5.41, 5.74) is -0.278. The van der Waals surface area contributed by atoms with Gasteiger partial charge in [0.05, 0.1) is 22.6 Å². The summed E-state index contributed by atoms with van der Waals surface area (Å²) in [6.07, 6.45) is 1.63. The molecule has 0 bridgehead atoms. The van der Waals surface area contributed by atoms with Gasteiger partial charge in [-0.05, 0) is 13.3 Å². The number of nitrogens with zero attached hydrogens (tertiary/aromatic N) is 2. The van der Waals surface area contributed by atoms with E-state index in [1.807, 2.05) is 6.92 Å². The van der Waals surface area contributed by atoms with E-state index in [1.54, 1.807) is 0 Å². The molecular formula is C11H12ClN3O4. The number of carbonyl (C=O) groups is 1. The molecule has 0 spiro atoms. The number of halogens is 1. The zero-order valence-electron chi connectivity index (χ0n) is 10.1. The van der Waals surface area contributed by atoms with Crippen molar-refractivity contribution in [2.24, 2.45) is 0 Å². The van der Waals surface area contributed by atoms with E-state index >= 15 is 0 Å². The molecule has 2 unspecified atom stereocenters. The van der Waals surface area contributed by atoms with Crippen molar-refractivity contribution < 1.29 is 14.5 Å². The van der Waals surface area contributed by atoms with Crippen LogP contribution in [-0.4, -0.2) is 34.6 Å². The molecule has 0 aromatic carbocycles. The molecule has 0 saturated carbocycles. The van der Waals surface area contributed by atoms with Crippen molar-refractivity contribution in [3.8, 4) is 0 Å². The smallest absolute Gasteiger partial charge is 0.288 e. The van der Waals surface area contributed by atoms with E-state index in [4.69, 9.17) is 16.3 Å². The van der Waals surface area contributed by atoms with Crippen LogP contribution < -0.4 is 5.32 Å². The topological polar surface area (TPSA) is 94.4 Å². The molecule has 19 heavy (non-hydrogen) atoms.